The van der Waals surface area contributed by atoms with Gasteiger partial charge in [0.2, 0.25) is 10.0 Å². The first-order valence-electron chi connectivity index (χ1n) is 4.51. The highest BCUT2D eigenvalue weighted by Gasteiger charge is 2.24. The van der Waals surface area contributed by atoms with Crippen LogP contribution in [0.5, 0.6) is 0 Å². The summed E-state index contributed by atoms with van der Waals surface area (Å²) in [4.78, 5) is 0.00574. The van der Waals surface area contributed by atoms with E-state index in [-0.39, 0.29) is 4.90 Å². The summed E-state index contributed by atoms with van der Waals surface area (Å²) >= 11 is 0. The second-order valence-corrected chi connectivity index (χ2v) is 5.19. The van der Waals surface area contributed by atoms with Gasteiger partial charge in [-0.1, -0.05) is 18.2 Å². The van der Waals surface area contributed by atoms with Crippen molar-refractivity contribution in [1.82, 2.24) is 4.31 Å². The second kappa shape index (κ2) is 3.75. The zero-order valence-electron chi connectivity index (χ0n) is 7.93. The third-order valence-electron chi connectivity index (χ3n) is 2.22. The Morgan fingerprint density at radius 1 is 1.20 bits per heavy atom. The Morgan fingerprint density at radius 3 is 2.47 bits per heavy atom. The molecule has 0 unspecified atom stereocenters. The Kier molecular flexibility index (Phi) is 2.58. The zero-order chi connectivity index (χ0) is 10.9. The van der Waals surface area contributed by atoms with Gasteiger partial charge in [0, 0.05) is 13.1 Å². The van der Waals surface area contributed by atoms with Crippen molar-refractivity contribution in [2.45, 2.75) is 4.90 Å². The van der Waals surface area contributed by atoms with E-state index in [0.29, 0.717) is 13.1 Å². The maximum atomic E-state index is 12.9. The maximum Gasteiger partial charge on any atom is 0.243 e. The summed E-state index contributed by atoms with van der Waals surface area (Å²) in [6.07, 6.45) is 3.55. The first kappa shape index (κ1) is 10.3. The van der Waals surface area contributed by atoms with Gasteiger partial charge in [-0.25, -0.2) is 12.8 Å². The van der Waals surface area contributed by atoms with Crippen LogP contribution in [-0.2, 0) is 10.0 Å². The first-order chi connectivity index (χ1) is 7.10. The average Bonchev–Trinajstić information content (AvgIpc) is 2.71. The van der Waals surface area contributed by atoms with Crippen LogP contribution in [0.15, 0.2) is 41.3 Å². The molecule has 0 fully saturated rings. The molecule has 1 heterocycles. The molecular formula is C10H10FNO2S. The monoisotopic (exact) mass is 227 g/mol. The summed E-state index contributed by atoms with van der Waals surface area (Å²) in [7, 11) is -3.53. The molecule has 1 aliphatic heterocycles. The van der Waals surface area contributed by atoms with Crippen LogP contribution in [0.4, 0.5) is 4.39 Å². The summed E-state index contributed by atoms with van der Waals surface area (Å²) < 4.78 is 38.0. The number of nitrogens with zero attached hydrogens (tertiary/aromatic N) is 1. The summed E-state index contributed by atoms with van der Waals surface area (Å²) in [6.45, 7) is 0.720. The lowest BCUT2D eigenvalue weighted by Gasteiger charge is -2.15. The minimum absolute atomic E-state index is 0.00574. The molecule has 0 atom stereocenters. The molecule has 0 radical (unpaired) electrons. The van der Waals surface area contributed by atoms with Crippen molar-refractivity contribution >= 4 is 10.0 Å². The fourth-order valence-electron chi connectivity index (χ4n) is 1.43. The molecule has 0 amide bonds. The van der Waals surface area contributed by atoms with Crippen LogP contribution >= 0.6 is 0 Å². The molecule has 3 nitrogen and oxygen atoms in total. The van der Waals surface area contributed by atoms with E-state index in [2.05, 4.69) is 0 Å². The number of rotatable bonds is 2. The molecule has 15 heavy (non-hydrogen) atoms. The van der Waals surface area contributed by atoms with E-state index in [1.54, 1.807) is 12.2 Å². The molecule has 1 aromatic carbocycles. The Hall–Kier alpha value is -1.20. The Balaban J connectivity index is 2.37. The van der Waals surface area contributed by atoms with Crippen LogP contribution < -0.4 is 0 Å². The molecule has 80 valence electrons. The van der Waals surface area contributed by atoms with Crippen molar-refractivity contribution in [1.29, 1.82) is 0 Å². The molecule has 0 N–H and O–H groups in total. The first-order valence-corrected chi connectivity index (χ1v) is 5.95. The lowest BCUT2D eigenvalue weighted by atomic mass is 10.4. The smallest absolute Gasteiger partial charge is 0.207 e. The van der Waals surface area contributed by atoms with Gasteiger partial charge in [-0.2, -0.15) is 4.31 Å². The van der Waals surface area contributed by atoms with Crippen LogP contribution in [0.2, 0.25) is 0 Å². The summed E-state index contributed by atoms with van der Waals surface area (Å²) in [5.41, 5.74) is 0. The van der Waals surface area contributed by atoms with Gasteiger partial charge < -0.3 is 0 Å². The molecule has 0 saturated carbocycles. The molecule has 0 saturated heterocycles. The third-order valence-corrected chi connectivity index (χ3v) is 4.05. The number of hydrogen-bond acceptors (Lipinski definition) is 2. The van der Waals surface area contributed by atoms with Crippen LogP contribution in [0.3, 0.4) is 0 Å². The van der Waals surface area contributed by atoms with Gasteiger partial charge in [0.25, 0.3) is 0 Å². The largest absolute Gasteiger partial charge is 0.243 e. The molecule has 2 rings (SSSR count). The topological polar surface area (TPSA) is 37.4 Å². The van der Waals surface area contributed by atoms with E-state index in [1.165, 1.54) is 22.5 Å². The van der Waals surface area contributed by atoms with Crippen molar-refractivity contribution in [3.8, 4) is 0 Å². The summed E-state index contributed by atoms with van der Waals surface area (Å²) in [5.74, 6) is -0.539. The van der Waals surface area contributed by atoms with Crippen molar-refractivity contribution < 1.29 is 12.8 Å². The SMILES string of the molecule is O=S(=O)(c1cccc(F)c1)N1CC=CC1. The standard InChI is InChI=1S/C10H10FNO2S/c11-9-4-3-5-10(8-9)15(13,14)12-6-1-2-7-12/h1-5,8H,6-7H2. The Labute approximate surface area is 87.9 Å². The normalized spacial score (nSPS) is 17.1. The van der Waals surface area contributed by atoms with Crippen molar-refractivity contribution in [3.63, 3.8) is 0 Å². The average molecular weight is 227 g/mol. The van der Waals surface area contributed by atoms with Gasteiger partial charge in [0.1, 0.15) is 5.82 Å². The van der Waals surface area contributed by atoms with Crippen LogP contribution in [0, 0.1) is 5.82 Å². The fraction of sp³-hybridized carbons (Fsp3) is 0.200. The molecular weight excluding hydrogens is 217 g/mol. The van der Waals surface area contributed by atoms with Gasteiger partial charge >= 0.3 is 0 Å². The number of hydrogen-bond donors (Lipinski definition) is 0. The van der Waals surface area contributed by atoms with Crippen LogP contribution in [0.25, 0.3) is 0 Å². The number of halogens is 1. The van der Waals surface area contributed by atoms with E-state index >= 15 is 0 Å². The quantitative estimate of drug-likeness (QED) is 0.716. The highest BCUT2D eigenvalue weighted by molar-refractivity contribution is 7.89. The maximum absolute atomic E-state index is 12.9. The highest BCUT2D eigenvalue weighted by atomic mass is 32.2. The number of benzene rings is 1. The minimum atomic E-state index is -3.53. The van der Waals surface area contributed by atoms with E-state index in [0.717, 1.165) is 6.07 Å². The minimum Gasteiger partial charge on any atom is -0.207 e. The molecule has 0 aliphatic carbocycles. The highest BCUT2D eigenvalue weighted by Crippen LogP contribution is 2.18. The van der Waals surface area contributed by atoms with E-state index in [9.17, 15) is 12.8 Å². The lowest BCUT2D eigenvalue weighted by molar-refractivity contribution is 0.487. The Bertz CT molecular complexity index is 488. The van der Waals surface area contributed by atoms with E-state index in [1.807, 2.05) is 0 Å². The second-order valence-electron chi connectivity index (χ2n) is 3.25. The molecule has 5 heteroatoms. The number of sulfonamides is 1. The van der Waals surface area contributed by atoms with Gasteiger partial charge in [-0.15, -0.1) is 0 Å². The third kappa shape index (κ3) is 1.93. The van der Waals surface area contributed by atoms with Crippen molar-refractivity contribution in [2.75, 3.05) is 13.1 Å². The molecule has 0 spiro atoms. The van der Waals surface area contributed by atoms with E-state index < -0.39 is 15.8 Å². The summed E-state index contributed by atoms with van der Waals surface area (Å²) in [5, 5.41) is 0. The molecule has 1 aromatic rings. The Morgan fingerprint density at radius 2 is 1.87 bits per heavy atom. The van der Waals surface area contributed by atoms with Crippen LogP contribution in [0.1, 0.15) is 0 Å². The van der Waals surface area contributed by atoms with Gasteiger partial charge in [0.15, 0.2) is 0 Å². The van der Waals surface area contributed by atoms with Gasteiger partial charge in [-0.05, 0) is 18.2 Å². The van der Waals surface area contributed by atoms with Gasteiger partial charge in [-0.3, -0.25) is 0 Å². The van der Waals surface area contributed by atoms with E-state index in [4.69, 9.17) is 0 Å². The predicted octanol–water partition coefficient (Wildman–Crippen LogP) is 1.39. The van der Waals surface area contributed by atoms with Crippen LogP contribution in [-0.4, -0.2) is 25.8 Å². The fourth-order valence-corrected chi connectivity index (χ4v) is 2.81. The zero-order valence-corrected chi connectivity index (χ0v) is 8.74. The molecule has 0 bridgehead atoms. The van der Waals surface area contributed by atoms with Crippen molar-refractivity contribution in [2.24, 2.45) is 0 Å². The van der Waals surface area contributed by atoms with Gasteiger partial charge in [0.05, 0.1) is 4.90 Å². The molecule has 1 aliphatic rings. The predicted molar refractivity (Wildman–Crippen MR) is 54.3 cm³/mol. The summed E-state index contributed by atoms with van der Waals surface area (Å²) in [6, 6.07) is 5.05. The van der Waals surface area contributed by atoms with Crippen molar-refractivity contribution in [3.05, 3.63) is 42.2 Å². The lowest BCUT2D eigenvalue weighted by Crippen LogP contribution is -2.28. The molecule has 0 aromatic heterocycles.